The van der Waals surface area contributed by atoms with E-state index in [1.807, 2.05) is 30.3 Å². The van der Waals surface area contributed by atoms with Gasteiger partial charge in [0.1, 0.15) is 4.90 Å². The van der Waals surface area contributed by atoms with Crippen molar-refractivity contribution in [3.8, 4) is 0 Å². The van der Waals surface area contributed by atoms with E-state index in [-0.39, 0.29) is 23.2 Å². The molecule has 1 aromatic heterocycles. The first kappa shape index (κ1) is 23.1. The predicted molar refractivity (Wildman–Crippen MR) is 106 cm³/mol. The van der Waals surface area contributed by atoms with Gasteiger partial charge in [0.15, 0.2) is 0 Å². The summed E-state index contributed by atoms with van der Waals surface area (Å²) in [6.45, 7) is 2.68. The van der Waals surface area contributed by atoms with Crippen LogP contribution in [0.4, 0.5) is 0 Å². The van der Waals surface area contributed by atoms with Crippen LogP contribution in [0.1, 0.15) is 12.5 Å². The van der Waals surface area contributed by atoms with Gasteiger partial charge in [-0.3, -0.25) is 9.48 Å². The first-order chi connectivity index (χ1) is 12.3. The van der Waals surface area contributed by atoms with Gasteiger partial charge in [-0.05, 0) is 18.9 Å². The topological polar surface area (TPSA) is 110 Å². The van der Waals surface area contributed by atoms with Gasteiger partial charge >= 0.3 is 0 Å². The van der Waals surface area contributed by atoms with E-state index in [0.717, 1.165) is 5.56 Å². The first-order valence-electron chi connectivity index (χ1n) is 8.37. The average Bonchev–Trinajstić information content (AvgIpc) is 3.06. The lowest BCUT2D eigenvalue weighted by Crippen LogP contribution is -2.48. The smallest absolute Gasteiger partial charge is 0.244 e. The average molecular weight is 416 g/mol. The Morgan fingerprint density at radius 2 is 1.96 bits per heavy atom. The van der Waals surface area contributed by atoms with E-state index in [4.69, 9.17) is 5.73 Å². The number of nitrogens with two attached hydrogens (primary N) is 1. The van der Waals surface area contributed by atoms with Crippen molar-refractivity contribution >= 4 is 28.3 Å². The van der Waals surface area contributed by atoms with Gasteiger partial charge in [0.05, 0.1) is 12.2 Å². The molecule has 2 rings (SSSR count). The van der Waals surface area contributed by atoms with Crippen molar-refractivity contribution in [1.82, 2.24) is 19.4 Å². The predicted octanol–water partition coefficient (Wildman–Crippen LogP) is 0.539. The molecule has 2 aromatic rings. The van der Waals surface area contributed by atoms with Crippen molar-refractivity contribution in [3.63, 3.8) is 0 Å². The number of amides is 1. The third-order valence-electron chi connectivity index (χ3n) is 3.92. The van der Waals surface area contributed by atoms with Crippen molar-refractivity contribution in [1.29, 1.82) is 0 Å². The largest absolute Gasteiger partial charge is 0.340 e. The van der Waals surface area contributed by atoms with Crippen LogP contribution in [-0.4, -0.2) is 54.7 Å². The Bertz CT molecular complexity index is 826. The Hall–Kier alpha value is -1.94. The molecular weight excluding hydrogens is 390 g/mol. The van der Waals surface area contributed by atoms with Crippen molar-refractivity contribution in [2.45, 2.75) is 24.3 Å². The third kappa shape index (κ3) is 6.62. The summed E-state index contributed by atoms with van der Waals surface area (Å²) in [5.41, 5.74) is 6.72. The Labute approximate surface area is 166 Å². The highest BCUT2D eigenvalue weighted by molar-refractivity contribution is 7.89. The number of benzene rings is 1. The summed E-state index contributed by atoms with van der Waals surface area (Å²) in [6.07, 6.45) is 3.30. The maximum atomic E-state index is 12.7. The van der Waals surface area contributed by atoms with Gasteiger partial charge in [-0.25, -0.2) is 8.42 Å². The number of hydrogen-bond acceptors (Lipinski definition) is 5. The van der Waals surface area contributed by atoms with Gasteiger partial charge < -0.3 is 10.6 Å². The summed E-state index contributed by atoms with van der Waals surface area (Å²) in [7, 11) is -2.19. The van der Waals surface area contributed by atoms with Crippen LogP contribution < -0.4 is 10.5 Å². The molecule has 150 valence electrons. The van der Waals surface area contributed by atoms with Crippen LogP contribution in [0.2, 0.25) is 0 Å². The number of sulfonamides is 1. The highest BCUT2D eigenvalue weighted by Crippen LogP contribution is 2.09. The Kier molecular flexibility index (Phi) is 8.91. The standard InChI is InChI=1S/C17H25N5O3S.ClH/c1-14(20-26(24,25)16-12-19-21(2)13-16)17(23)22(11-9-18)10-8-15-6-4-3-5-7-15;/h3-7,12-14,20H,8-11,18H2,1-2H3;1H. The minimum absolute atomic E-state index is 0. The van der Waals surface area contributed by atoms with Crippen LogP contribution in [0.15, 0.2) is 47.6 Å². The van der Waals surface area contributed by atoms with Crippen LogP contribution in [0.5, 0.6) is 0 Å². The fraction of sp³-hybridized carbons (Fsp3) is 0.412. The molecule has 1 heterocycles. The molecule has 8 nitrogen and oxygen atoms in total. The summed E-state index contributed by atoms with van der Waals surface area (Å²) in [6, 6.07) is 8.88. The molecule has 0 aliphatic heterocycles. The molecule has 1 amide bonds. The molecule has 0 radical (unpaired) electrons. The number of carbonyl (C=O) groups excluding carboxylic acids is 1. The number of halogens is 1. The summed E-state index contributed by atoms with van der Waals surface area (Å²) in [5, 5.41) is 3.85. The van der Waals surface area contributed by atoms with Crippen LogP contribution in [-0.2, 0) is 28.3 Å². The lowest BCUT2D eigenvalue weighted by Gasteiger charge is -2.25. The minimum Gasteiger partial charge on any atom is -0.340 e. The van der Waals surface area contributed by atoms with Crippen LogP contribution in [0, 0.1) is 0 Å². The number of carbonyl (C=O) groups is 1. The maximum Gasteiger partial charge on any atom is 0.244 e. The molecule has 1 aromatic carbocycles. The maximum absolute atomic E-state index is 12.7. The molecule has 0 saturated carbocycles. The zero-order valence-corrected chi connectivity index (χ0v) is 17.0. The quantitative estimate of drug-likeness (QED) is 0.621. The van der Waals surface area contributed by atoms with E-state index >= 15 is 0 Å². The molecule has 0 aliphatic carbocycles. The molecular formula is C17H26ClN5O3S. The van der Waals surface area contributed by atoms with Gasteiger partial charge in [-0.2, -0.15) is 9.82 Å². The van der Waals surface area contributed by atoms with Gasteiger partial charge in [0.2, 0.25) is 15.9 Å². The summed E-state index contributed by atoms with van der Waals surface area (Å²) in [4.78, 5) is 14.3. The molecule has 27 heavy (non-hydrogen) atoms. The summed E-state index contributed by atoms with van der Waals surface area (Å²) < 4.78 is 28.5. The second kappa shape index (κ2) is 10.4. The molecule has 0 fully saturated rings. The fourth-order valence-corrected chi connectivity index (χ4v) is 3.74. The van der Waals surface area contributed by atoms with Crippen LogP contribution in [0.3, 0.4) is 0 Å². The molecule has 0 bridgehead atoms. The molecule has 10 heteroatoms. The third-order valence-corrected chi connectivity index (χ3v) is 5.41. The van der Waals surface area contributed by atoms with Crippen LogP contribution in [0.25, 0.3) is 0 Å². The Morgan fingerprint density at radius 1 is 1.30 bits per heavy atom. The second-order valence-electron chi connectivity index (χ2n) is 6.04. The van der Waals surface area contributed by atoms with Gasteiger partial charge in [-0.1, -0.05) is 30.3 Å². The molecule has 1 atom stereocenters. The van der Waals surface area contributed by atoms with E-state index in [2.05, 4.69) is 9.82 Å². The second-order valence-corrected chi connectivity index (χ2v) is 7.76. The molecule has 1 unspecified atom stereocenters. The zero-order valence-electron chi connectivity index (χ0n) is 15.4. The lowest BCUT2D eigenvalue weighted by atomic mass is 10.1. The normalized spacial score (nSPS) is 12.3. The number of rotatable bonds is 9. The van der Waals surface area contributed by atoms with Gasteiger partial charge in [-0.15, -0.1) is 12.4 Å². The molecule has 0 spiro atoms. The molecule has 0 saturated heterocycles. The highest BCUT2D eigenvalue weighted by Gasteiger charge is 2.26. The van der Waals surface area contributed by atoms with E-state index in [1.165, 1.54) is 24.0 Å². The van der Waals surface area contributed by atoms with Crippen molar-refractivity contribution in [2.75, 3.05) is 19.6 Å². The SMILES string of the molecule is CC(NS(=O)(=O)c1cnn(C)c1)C(=O)N(CCN)CCc1ccccc1.Cl. The lowest BCUT2D eigenvalue weighted by molar-refractivity contribution is -0.132. The Morgan fingerprint density at radius 3 is 2.52 bits per heavy atom. The van der Waals surface area contributed by atoms with Crippen molar-refractivity contribution < 1.29 is 13.2 Å². The number of aromatic nitrogens is 2. The number of nitrogens with one attached hydrogen (secondary N) is 1. The highest BCUT2D eigenvalue weighted by atomic mass is 35.5. The van der Waals surface area contributed by atoms with E-state index in [0.29, 0.717) is 26.1 Å². The number of hydrogen-bond donors (Lipinski definition) is 2. The zero-order chi connectivity index (χ0) is 19.2. The monoisotopic (exact) mass is 415 g/mol. The van der Waals surface area contributed by atoms with E-state index in [1.54, 1.807) is 11.9 Å². The molecule has 3 N–H and O–H groups in total. The van der Waals surface area contributed by atoms with Gasteiger partial charge in [0.25, 0.3) is 0 Å². The van der Waals surface area contributed by atoms with Crippen molar-refractivity contribution in [2.24, 2.45) is 12.8 Å². The first-order valence-corrected chi connectivity index (χ1v) is 9.85. The van der Waals surface area contributed by atoms with E-state index < -0.39 is 16.1 Å². The summed E-state index contributed by atoms with van der Waals surface area (Å²) in [5.74, 6) is -0.307. The van der Waals surface area contributed by atoms with Gasteiger partial charge in [0, 0.05) is 32.9 Å². The number of aryl methyl sites for hydroxylation is 1. The van der Waals surface area contributed by atoms with Crippen LogP contribution >= 0.6 is 12.4 Å². The fourth-order valence-electron chi connectivity index (χ4n) is 2.56. The minimum atomic E-state index is -3.81. The summed E-state index contributed by atoms with van der Waals surface area (Å²) >= 11 is 0. The number of nitrogens with zero attached hydrogens (tertiary/aromatic N) is 3. The van der Waals surface area contributed by atoms with E-state index in [9.17, 15) is 13.2 Å². The Balaban J connectivity index is 0.00000364. The molecule has 0 aliphatic rings. The van der Waals surface area contributed by atoms with Crippen molar-refractivity contribution in [3.05, 3.63) is 48.3 Å².